The molecule has 524 valence electrons. The van der Waals surface area contributed by atoms with E-state index in [-0.39, 0.29) is 116 Å². The van der Waals surface area contributed by atoms with E-state index >= 15 is 0 Å². The summed E-state index contributed by atoms with van der Waals surface area (Å²) in [7, 11) is 6.20. The quantitative estimate of drug-likeness (QED) is 0.0230. The number of carbonyl (C=O) groups excluding carboxylic acids is 9. The number of anilines is 1. The molecule has 2 heterocycles. The van der Waals surface area contributed by atoms with Crippen molar-refractivity contribution in [2.45, 2.75) is 207 Å². The minimum atomic E-state index is -0.966. The maximum absolute atomic E-state index is 14.9. The molecule has 12 atom stereocenters. The van der Waals surface area contributed by atoms with Crippen molar-refractivity contribution >= 4 is 82.1 Å². The zero-order chi connectivity index (χ0) is 70.1. The second-order valence-corrected chi connectivity index (χ2v) is 26.5. The van der Waals surface area contributed by atoms with E-state index in [1.165, 1.54) is 26.2 Å². The van der Waals surface area contributed by atoms with Crippen LogP contribution >= 0.6 is 23.2 Å². The molecule has 1 aliphatic rings. The van der Waals surface area contributed by atoms with E-state index in [0.29, 0.717) is 73.4 Å². The van der Waals surface area contributed by atoms with Crippen LogP contribution in [0, 0.1) is 41.4 Å². The number of halogens is 2. The molecule has 0 unspecified atom stereocenters. The van der Waals surface area contributed by atoms with Crippen LogP contribution in [0.5, 0.6) is 0 Å². The molecule has 1 fully saturated rings. The number of amides is 8. The molecule has 0 saturated carbocycles. The van der Waals surface area contributed by atoms with Crippen LogP contribution in [0.4, 0.5) is 15.3 Å². The van der Waals surface area contributed by atoms with E-state index in [2.05, 4.69) is 31.6 Å². The van der Waals surface area contributed by atoms with Gasteiger partial charge >= 0.3 is 12.1 Å². The van der Waals surface area contributed by atoms with Gasteiger partial charge in [-0.2, -0.15) is 0 Å². The highest BCUT2D eigenvalue weighted by Crippen LogP contribution is 2.32. The number of rotatable bonds is 40. The number of likely N-dealkylation sites (N-methyl/N-ethyl adjacent to an activating group) is 2. The molecule has 24 nitrogen and oxygen atoms in total. The van der Waals surface area contributed by atoms with Crippen LogP contribution in [0.3, 0.4) is 0 Å². The first-order chi connectivity index (χ1) is 44.5. The molecule has 94 heavy (non-hydrogen) atoms. The molecule has 3 aromatic rings. The molecule has 4 rings (SSSR count). The Morgan fingerprint density at radius 2 is 1.46 bits per heavy atom. The number of carbonyl (C=O) groups is 9. The number of hydrogen-bond donors (Lipinski definition) is 6. The number of primary amides is 1. The van der Waals surface area contributed by atoms with E-state index < -0.39 is 84.3 Å². The molecular formula is C68H105Cl2N11O13. The van der Waals surface area contributed by atoms with Crippen molar-refractivity contribution in [3.63, 3.8) is 0 Å². The number of hydrogen-bond acceptors (Lipinski definition) is 15. The highest BCUT2D eigenvalue weighted by Gasteiger charge is 2.44. The fourth-order valence-corrected chi connectivity index (χ4v) is 13.0. The molecule has 8 amide bonds. The largest absolute Gasteiger partial charge is 0.445 e. The van der Waals surface area contributed by atoms with E-state index in [1.54, 1.807) is 85.6 Å². The normalized spacial score (nSPS) is 16.8. The average Bonchev–Trinajstić information content (AvgIpc) is 1.36. The van der Waals surface area contributed by atoms with Gasteiger partial charge in [-0.15, -0.1) is 28.3 Å². The summed E-state index contributed by atoms with van der Waals surface area (Å²) >= 11 is 12.0. The van der Waals surface area contributed by atoms with E-state index in [0.717, 1.165) is 0 Å². The monoisotopic (exact) mass is 1350 g/mol. The molecule has 2 aromatic carbocycles. The Balaban J connectivity index is 1.39. The predicted octanol–water partition coefficient (Wildman–Crippen LogP) is 8.32. The first kappa shape index (κ1) is 79.7. The first-order valence-corrected chi connectivity index (χ1v) is 34.0. The fourth-order valence-electron chi connectivity index (χ4n) is 12.5. The average molecular weight is 1360 g/mol. The minimum Gasteiger partial charge on any atom is -0.445 e. The van der Waals surface area contributed by atoms with Gasteiger partial charge < -0.3 is 61.0 Å². The highest BCUT2D eigenvalue weighted by molar-refractivity contribution is 6.18. The maximum Gasteiger partial charge on any atom is 0.410 e. The van der Waals surface area contributed by atoms with Crippen LogP contribution in [0.25, 0.3) is 0 Å². The van der Waals surface area contributed by atoms with Gasteiger partial charge in [-0.3, -0.25) is 33.6 Å². The van der Waals surface area contributed by atoms with Gasteiger partial charge in [0.05, 0.1) is 78.3 Å². The third-order valence-electron chi connectivity index (χ3n) is 18.2. The number of nitrogens with zero attached hydrogens (tertiary/aromatic N) is 6. The van der Waals surface area contributed by atoms with Gasteiger partial charge in [0.1, 0.15) is 12.3 Å². The number of likely N-dealkylation sites (tertiary alicyclic amines) is 1. The molecule has 7 N–H and O–H groups in total. The molecule has 0 aliphatic carbocycles. The van der Waals surface area contributed by atoms with Crippen LogP contribution in [0.1, 0.15) is 162 Å². The molecule has 1 saturated heterocycles. The summed E-state index contributed by atoms with van der Waals surface area (Å²) in [4.78, 5) is 128. The van der Waals surface area contributed by atoms with Crippen LogP contribution < -0.4 is 27.0 Å². The maximum atomic E-state index is 14.9. The van der Waals surface area contributed by atoms with Crippen LogP contribution in [0.2, 0.25) is 0 Å². The SMILES string of the molecule is CC[C@H](C)[C@@H]([C@@H](CC(=O)N1CCC[C@H]1[C@H](OC)[C@@H](C)C(=O)N[C@H](C)[C@@H](O)c1ccccc1)OC)N(C)C(=O)[C@@H](CC(=O)[C@H](C(C)C)N(C)C(=O)OCc1ccc(NC(=O)[C@H](CCCNC(N)=O)CC(=O)[C@@H](NC(=O)CCCn2nnc(CCl)c2CCl)C(C)C)cc1)C(C)C. The van der Waals surface area contributed by atoms with Crippen LogP contribution in [0.15, 0.2) is 54.6 Å². The number of benzene rings is 2. The van der Waals surface area contributed by atoms with Crippen molar-refractivity contribution in [2.24, 2.45) is 47.2 Å². The number of methoxy groups -OCH3 is 2. The summed E-state index contributed by atoms with van der Waals surface area (Å²) in [5.74, 6) is -5.49. The van der Waals surface area contributed by atoms with Gasteiger partial charge in [0, 0.05) is 84.7 Å². The lowest BCUT2D eigenvalue weighted by Crippen LogP contribution is -2.55. The van der Waals surface area contributed by atoms with Gasteiger partial charge in [-0.05, 0) is 86.0 Å². The number of aliphatic hydroxyl groups excluding tert-OH is 1. The highest BCUT2D eigenvalue weighted by atomic mass is 35.5. The number of nitrogens with one attached hydrogen (secondary N) is 4. The van der Waals surface area contributed by atoms with Crippen LogP contribution in [-0.4, -0.2) is 172 Å². The number of aromatic nitrogens is 3. The number of Topliss-reactive ketones (excluding diaryl/α,β-unsaturated/α-hetero) is 2. The number of alkyl halides is 2. The van der Waals surface area contributed by atoms with Gasteiger partial charge in [-0.25, -0.2) is 14.3 Å². The molecule has 1 aliphatic heterocycles. The molecule has 1 aromatic heterocycles. The standard InChI is InChI=1S/C68H105Cl2N11O13/c1-15-43(8)61(56(92-13)36-58(85)80-32-20-25-52(80)63(93-14)44(9)64(87)73-45(10)62(86)47-22-17-16-18-23-47)78(11)66(89)50(40(2)3)35-55(83)60(42(6)7)79(12)68(91)94-39-46-27-29-49(30-28-46)74-65(88)48(24-19-31-72-67(71)90)34-54(82)59(41(4)5)75-57(84)26-21-33-81-53(38-70)51(37-69)76-77-81/h16-18,22-23,27-30,40-45,48,50,52,56,59-63,86H,15,19-21,24-26,31-39H2,1-14H3,(H,73,87)(H,74,88)(H,75,84)(H3,71,72,90)/t43-,44+,45+,48+,50-,52-,56+,59-,60-,61-,62+,63+/m0/s1. The number of ether oxygens (including phenoxy) is 3. The van der Waals surface area contributed by atoms with Gasteiger partial charge in [0.2, 0.25) is 29.5 Å². The second kappa shape index (κ2) is 39.3. The van der Waals surface area contributed by atoms with Crippen molar-refractivity contribution in [1.82, 2.24) is 45.6 Å². The third kappa shape index (κ3) is 23.0. The zero-order valence-electron chi connectivity index (χ0n) is 57.5. The summed E-state index contributed by atoms with van der Waals surface area (Å²) in [5, 5.41) is 30.2. The lowest BCUT2D eigenvalue weighted by atomic mass is 9.83. The first-order valence-electron chi connectivity index (χ1n) is 32.9. The topological polar surface area (TPSA) is 316 Å². The molecular weight excluding hydrogens is 1250 g/mol. The van der Waals surface area contributed by atoms with E-state index in [4.69, 9.17) is 43.1 Å². The Hall–Kier alpha value is -6.73. The molecule has 0 radical (unpaired) electrons. The van der Waals surface area contributed by atoms with Crippen molar-refractivity contribution < 1.29 is 62.5 Å². The second-order valence-electron chi connectivity index (χ2n) is 26.0. The minimum absolute atomic E-state index is 0.0670. The Bertz CT molecular complexity index is 2940. The lowest BCUT2D eigenvalue weighted by Gasteiger charge is -2.41. The number of urea groups is 1. The molecule has 0 bridgehead atoms. The Morgan fingerprint density at radius 1 is 0.787 bits per heavy atom. The fraction of sp³-hybridized carbons (Fsp3) is 0.662. The van der Waals surface area contributed by atoms with Crippen molar-refractivity contribution in [3.05, 3.63) is 77.1 Å². The smallest absolute Gasteiger partial charge is 0.410 e. The Labute approximate surface area is 565 Å². The number of nitrogens with two attached hydrogens (primary N) is 1. The van der Waals surface area contributed by atoms with Crippen molar-refractivity contribution in [3.8, 4) is 0 Å². The van der Waals surface area contributed by atoms with Crippen molar-refractivity contribution in [1.29, 1.82) is 0 Å². The summed E-state index contributed by atoms with van der Waals surface area (Å²) in [6.07, 6.45) is -0.617. The Morgan fingerprint density at radius 3 is 2.03 bits per heavy atom. The van der Waals surface area contributed by atoms with Crippen molar-refractivity contribution in [2.75, 3.05) is 46.7 Å². The van der Waals surface area contributed by atoms with Crippen LogP contribution in [-0.2, 0) is 72.7 Å². The molecule has 26 heteroatoms. The summed E-state index contributed by atoms with van der Waals surface area (Å²) in [6, 6.07) is 11.4. The molecule has 0 spiro atoms. The van der Waals surface area contributed by atoms with Gasteiger partial charge in [0.25, 0.3) is 0 Å². The van der Waals surface area contributed by atoms with Gasteiger partial charge in [0.15, 0.2) is 11.6 Å². The van der Waals surface area contributed by atoms with Gasteiger partial charge in [-0.1, -0.05) is 116 Å². The predicted molar refractivity (Wildman–Crippen MR) is 360 cm³/mol. The van der Waals surface area contributed by atoms with E-state index in [1.807, 2.05) is 59.7 Å². The number of aryl methyl sites for hydroxylation is 1. The summed E-state index contributed by atoms with van der Waals surface area (Å²) in [6.45, 7) is 19.2. The lowest BCUT2D eigenvalue weighted by molar-refractivity contribution is -0.149. The van der Waals surface area contributed by atoms with E-state index in [9.17, 15) is 48.3 Å². The Kier molecular flexibility index (Phi) is 33.4. The third-order valence-corrected chi connectivity index (χ3v) is 18.7. The number of ketones is 2. The zero-order valence-corrected chi connectivity index (χ0v) is 59.0. The number of aliphatic hydroxyl groups is 1. The summed E-state index contributed by atoms with van der Waals surface area (Å²) < 4.78 is 19.4. The summed E-state index contributed by atoms with van der Waals surface area (Å²) in [5.41, 5.74) is 8.13.